The summed E-state index contributed by atoms with van der Waals surface area (Å²) in [6.07, 6.45) is -0.753. The number of benzene rings is 2. The fraction of sp³-hybridized carbons (Fsp3) is 0.176. The highest BCUT2D eigenvalue weighted by molar-refractivity contribution is 5.94. The summed E-state index contributed by atoms with van der Waals surface area (Å²) in [5.74, 6) is -0.275. The minimum absolute atomic E-state index is 0.376. The molecule has 0 saturated heterocycles. The lowest BCUT2D eigenvalue weighted by molar-refractivity contribution is -0.122. The minimum Gasteiger partial charge on any atom is -0.481 e. The maximum absolute atomic E-state index is 13.4. The lowest BCUT2D eigenvalue weighted by Gasteiger charge is -2.15. The monoisotopic (exact) mass is 298 g/mol. The summed E-state index contributed by atoms with van der Waals surface area (Å²) >= 11 is 0. The summed E-state index contributed by atoms with van der Waals surface area (Å²) in [7, 11) is 0. The fourth-order valence-corrected chi connectivity index (χ4v) is 1.78. The van der Waals surface area contributed by atoms with E-state index in [4.69, 9.17) is 10.00 Å². The number of anilines is 1. The Bertz CT molecular complexity index is 720. The van der Waals surface area contributed by atoms with Gasteiger partial charge in [0, 0.05) is 5.69 Å². The molecule has 2 aromatic carbocycles. The zero-order chi connectivity index (χ0) is 16.1. The van der Waals surface area contributed by atoms with Gasteiger partial charge in [0.1, 0.15) is 11.6 Å². The van der Waals surface area contributed by atoms with Gasteiger partial charge in [-0.3, -0.25) is 4.79 Å². The SMILES string of the molecule is Cc1ccc(NC(=O)[C@@H](C)Oc2ccc(C#N)cc2)cc1F. The third-order valence-electron chi connectivity index (χ3n) is 3.10. The van der Waals surface area contributed by atoms with Gasteiger partial charge < -0.3 is 10.1 Å². The smallest absolute Gasteiger partial charge is 0.265 e. The number of amides is 1. The number of hydrogen-bond acceptors (Lipinski definition) is 3. The quantitative estimate of drug-likeness (QED) is 0.940. The van der Waals surface area contributed by atoms with Crippen LogP contribution in [0.3, 0.4) is 0 Å². The standard InChI is InChI=1S/C17H15FN2O2/c1-11-3-6-14(9-16(11)18)20-17(21)12(2)22-15-7-4-13(10-19)5-8-15/h3-9,12H,1-2H3,(H,20,21)/t12-/m1/s1. The fourth-order valence-electron chi connectivity index (χ4n) is 1.78. The molecule has 0 radical (unpaired) electrons. The average molecular weight is 298 g/mol. The van der Waals surface area contributed by atoms with Gasteiger partial charge in [0.25, 0.3) is 5.91 Å². The molecule has 0 aliphatic heterocycles. The predicted molar refractivity (Wildman–Crippen MR) is 81.0 cm³/mol. The summed E-state index contributed by atoms with van der Waals surface area (Å²) in [5, 5.41) is 11.3. The van der Waals surface area contributed by atoms with E-state index in [1.165, 1.54) is 6.07 Å². The normalized spacial score (nSPS) is 11.4. The Morgan fingerprint density at radius 3 is 2.55 bits per heavy atom. The van der Waals surface area contributed by atoms with Crippen molar-refractivity contribution in [3.8, 4) is 11.8 Å². The van der Waals surface area contributed by atoms with Crippen molar-refractivity contribution in [3.05, 3.63) is 59.4 Å². The summed E-state index contributed by atoms with van der Waals surface area (Å²) < 4.78 is 18.9. The first-order chi connectivity index (χ1) is 10.5. The predicted octanol–water partition coefficient (Wildman–Crippen LogP) is 3.41. The molecule has 0 heterocycles. The van der Waals surface area contributed by atoms with Gasteiger partial charge in [0.2, 0.25) is 0 Å². The molecule has 1 amide bonds. The summed E-state index contributed by atoms with van der Waals surface area (Å²) in [5.41, 5.74) is 1.41. The highest BCUT2D eigenvalue weighted by Gasteiger charge is 2.15. The van der Waals surface area contributed by atoms with E-state index >= 15 is 0 Å². The molecule has 22 heavy (non-hydrogen) atoms. The first kappa shape index (κ1) is 15.5. The largest absolute Gasteiger partial charge is 0.481 e. The number of ether oxygens (including phenoxy) is 1. The van der Waals surface area contributed by atoms with Crippen LogP contribution in [0.5, 0.6) is 5.75 Å². The second-order valence-corrected chi connectivity index (χ2v) is 4.85. The van der Waals surface area contributed by atoms with Crippen LogP contribution in [-0.2, 0) is 4.79 Å². The van der Waals surface area contributed by atoms with Gasteiger partial charge in [0.05, 0.1) is 11.6 Å². The van der Waals surface area contributed by atoms with E-state index in [1.54, 1.807) is 50.2 Å². The summed E-state index contributed by atoms with van der Waals surface area (Å²) in [4.78, 5) is 12.0. The molecule has 4 nitrogen and oxygen atoms in total. The van der Waals surface area contributed by atoms with Crippen molar-refractivity contribution in [2.75, 3.05) is 5.32 Å². The molecule has 1 atom stereocenters. The molecular weight excluding hydrogens is 283 g/mol. The van der Waals surface area contributed by atoms with Crippen molar-refractivity contribution >= 4 is 11.6 Å². The van der Waals surface area contributed by atoms with Crippen LogP contribution >= 0.6 is 0 Å². The Balaban J connectivity index is 1.99. The van der Waals surface area contributed by atoms with E-state index in [-0.39, 0.29) is 11.7 Å². The molecule has 5 heteroatoms. The van der Waals surface area contributed by atoms with E-state index in [0.29, 0.717) is 22.6 Å². The molecule has 0 unspecified atom stereocenters. The number of nitrogens with zero attached hydrogens (tertiary/aromatic N) is 1. The third-order valence-corrected chi connectivity index (χ3v) is 3.10. The van der Waals surface area contributed by atoms with Crippen molar-refractivity contribution < 1.29 is 13.9 Å². The van der Waals surface area contributed by atoms with E-state index < -0.39 is 6.10 Å². The van der Waals surface area contributed by atoms with Crippen LogP contribution in [-0.4, -0.2) is 12.0 Å². The lowest BCUT2D eigenvalue weighted by Crippen LogP contribution is -2.30. The molecule has 0 spiro atoms. The van der Waals surface area contributed by atoms with Crippen LogP contribution in [0.1, 0.15) is 18.1 Å². The molecule has 0 aliphatic rings. The number of aryl methyl sites for hydroxylation is 1. The second kappa shape index (κ2) is 6.72. The number of hydrogen-bond donors (Lipinski definition) is 1. The average Bonchev–Trinajstić information content (AvgIpc) is 2.51. The Morgan fingerprint density at radius 1 is 1.27 bits per heavy atom. The second-order valence-electron chi connectivity index (χ2n) is 4.85. The molecular formula is C17H15FN2O2. The number of nitriles is 1. The van der Waals surface area contributed by atoms with E-state index in [9.17, 15) is 9.18 Å². The molecule has 0 bridgehead atoms. The molecule has 0 aliphatic carbocycles. The van der Waals surface area contributed by atoms with Crippen molar-refractivity contribution in [1.82, 2.24) is 0 Å². The molecule has 0 fully saturated rings. The topological polar surface area (TPSA) is 62.1 Å². The van der Waals surface area contributed by atoms with Crippen LogP contribution in [0.15, 0.2) is 42.5 Å². The van der Waals surface area contributed by atoms with Crippen molar-refractivity contribution in [2.24, 2.45) is 0 Å². The zero-order valence-corrected chi connectivity index (χ0v) is 12.3. The molecule has 0 aromatic heterocycles. The van der Waals surface area contributed by atoms with E-state index in [1.807, 2.05) is 6.07 Å². The molecule has 2 rings (SSSR count). The number of carbonyl (C=O) groups excluding carboxylic acids is 1. The summed E-state index contributed by atoms with van der Waals surface area (Å²) in [6, 6.07) is 12.9. The molecule has 1 N–H and O–H groups in total. The van der Waals surface area contributed by atoms with Gasteiger partial charge in [-0.05, 0) is 55.8 Å². The van der Waals surface area contributed by atoms with Gasteiger partial charge in [0.15, 0.2) is 6.10 Å². The van der Waals surface area contributed by atoms with Crippen LogP contribution < -0.4 is 10.1 Å². The van der Waals surface area contributed by atoms with Gasteiger partial charge >= 0.3 is 0 Å². The number of halogens is 1. The Hall–Kier alpha value is -2.87. The lowest BCUT2D eigenvalue weighted by atomic mass is 10.2. The van der Waals surface area contributed by atoms with E-state index in [2.05, 4.69) is 5.32 Å². The minimum atomic E-state index is -0.753. The Labute approximate surface area is 128 Å². The number of nitrogens with one attached hydrogen (secondary N) is 1. The van der Waals surface area contributed by atoms with E-state index in [0.717, 1.165) is 0 Å². The van der Waals surface area contributed by atoms with Gasteiger partial charge in [-0.25, -0.2) is 4.39 Å². The van der Waals surface area contributed by atoms with Crippen molar-refractivity contribution in [1.29, 1.82) is 5.26 Å². The van der Waals surface area contributed by atoms with Crippen molar-refractivity contribution in [3.63, 3.8) is 0 Å². The first-order valence-electron chi connectivity index (χ1n) is 6.73. The summed E-state index contributed by atoms with van der Waals surface area (Å²) in [6.45, 7) is 3.25. The highest BCUT2D eigenvalue weighted by Crippen LogP contribution is 2.16. The van der Waals surface area contributed by atoms with Crippen LogP contribution in [0.4, 0.5) is 10.1 Å². The highest BCUT2D eigenvalue weighted by atomic mass is 19.1. The molecule has 0 saturated carbocycles. The zero-order valence-electron chi connectivity index (χ0n) is 12.3. The Kier molecular flexibility index (Phi) is 4.74. The Morgan fingerprint density at radius 2 is 1.95 bits per heavy atom. The first-order valence-corrected chi connectivity index (χ1v) is 6.73. The molecule has 2 aromatic rings. The number of carbonyl (C=O) groups is 1. The van der Waals surface area contributed by atoms with Gasteiger partial charge in [-0.1, -0.05) is 6.07 Å². The maximum Gasteiger partial charge on any atom is 0.265 e. The van der Waals surface area contributed by atoms with Gasteiger partial charge in [-0.15, -0.1) is 0 Å². The van der Waals surface area contributed by atoms with Crippen LogP contribution in [0, 0.1) is 24.1 Å². The van der Waals surface area contributed by atoms with Crippen molar-refractivity contribution in [2.45, 2.75) is 20.0 Å². The third kappa shape index (κ3) is 3.83. The van der Waals surface area contributed by atoms with Crippen LogP contribution in [0.2, 0.25) is 0 Å². The number of rotatable bonds is 4. The molecule has 112 valence electrons. The van der Waals surface area contributed by atoms with Gasteiger partial charge in [-0.2, -0.15) is 5.26 Å². The van der Waals surface area contributed by atoms with Crippen LogP contribution in [0.25, 0.3) is 0 Å². The maximum atomic E-state index is 13.4.